The van der Waals surface area contributed by atoms with Crippen LogP contribution in [0.25, 0.3) is 21.3 Å². The van der Waals surface area contributed by atoms with Crippen LogP contribution < -0.4 is 15.8 Å². The third-order valence-electron chi connectivity index (χ3n) is 5.89. The molecule has 1 amide bonds. The molecule has 1 atom stereocenters. The number of aromatic amines is 1. The SMILES string of the molecule is Cc1ccc(-c2csc3c(=O)[nH]c(N4CCC[C@@H](C(=O)NCCC(C)C)C4)nc23)cc1. The quantitative estimate of drug-likeness (QED) is 0.600. The van der Waals surface area contributed by atoms with Crippen LogP contribution in [0.3, 0.4) is 0 Å². The smallest absolute Gasteiger partial charge is 0.270 e. The maximum Gasteiger partial charge on any atom is 0.270 e. The Morgan fingerprint density at radius 2 is 2.10 bits per heavy atom. The summed E-state index contributed by atoms with van der Waals surface area (Å²) in [5.41, 5.74) is 3.85. The fourth-order valence-corrected chi connectivity index (χ4v) is 4.92. The molecule has 1 aliphatic rings. The number of hydrogen-bond donors (Lipinski definition) is 2. The highest BCUT2D eigenvalue weighted by Crippen LogP contribution is 2.32. The summed E-state index contributed by atoms with van der Waals surface area (Å²) in [5.74, 6) is 1.15. The summed E-state index contributed by atoms with van der Waals surface area (Å²) in [6.45, 7) is 8.44. The molecule has 0 aliphatic carbocycles. The number of nitrogens with zero attached hydrogens (tertiary/aromatic N) is 2. The first-order valence-electron chi connectivity index (χ1n) is 11.0. The predicted octanol–water partition coefficient (Wildman–Crippen LogP) is 4.34. The first-order valence-corrected chi connectivity index (χ1v) is 11.9. The first kappa shape index (κ1) is 21.6. The van der Waals surface area contributed by atoms with Crippen molar-refractivity contribution in [2.75, 3.05) is 24.5 Å². The lowest BCUT2D eigenvalue weighted by Crippen LogP contribution is -2.44. The number of H-pyrrole nitrogens is 1. The summed E-state index contributed by atoms with van der Waals surface area (Å²) >= 11 is 1.42. The highest BCUT2D eigenvalue weighted by atomic mass is 32.1. The molecule has 0 unspecified atom stereocenters. The minimum atomic E-state index is -0.119. The van der Waals surface area contributed by atoms with E-state index in [0.717, 1.165) is 42.5 Å². The van der Waals surface area contributed by atoms with Crippen molar-refractivity contribution in [2.24, 2.45) is 11.8 Å². The van der Waals surface area contributed by atoms with E-state index in [1.54, 1.807) is 0 Å². The van der Waals surface area contributed by atoms with Gasteiger partial charge in [0.15, 0.2) is 0 Å². The number of carbonyl (C=O) groups is 1. The molecule has 0 radical (unpaired) electrons. The number of piperidine rings is 1. The predicted molar refractivity (Wildman–Crippen MR) is 128 cm³/mol. The molecule has 7 heteroatoms. The van der Waals surface area contributed by atoms with Crippen molar-refractivity contribution < 1.29 is 4.79 Å². The van der Waals surface area contributed by atoms with E-state index < -0.39 is 0 Å². The van der Waals surface area contributed by atoms with E-state index >= 15 is 0 Å². The first-order chi connectivity index (χ1) is 14.9. The van der Waals surface area contributed by atoms with Gasteiger partial charge < -0.3 is 10.2 Å². The van der Waals surface area contributed by atoms with Crippen LogP contribution in [0.15, 0.2) is 34.4 Å². The Kier molecular flexibility index (Phi) is 6.41. The highest BCUT2D eigenvalue weighted by molar-refractivity contribution is 7.17. The van der Waals surface area contributed by atoms with Crippen molar-refractivity contribution in [3.63, 3.8) is 0 Å². The van der Waals surface area contributed by atoms with E-state index in [4.69, 9.17) is 4.98 Å². The molecule has 2 N–H and O–H groups in total. The van der Waals surface area contributed by atoms with Crippen LogP contribution >= 0.6 is 11.3 Å². The number of nitrogens with one attached hydrogen (secondary N) is 2. The van der Waals surface area contributed by atoms with Gasteiger partial charge in [0.25, 0.3) is 5.56 Å². The number of anilines is 1. The fraction of sp³-hybridized carbons (Fsp3) is 0.458. The molecule has 164 valence electrons. The summed E-state index contributed by atoms with van der Waals surface area (Å²) in [5, 5.41) is 5.07. The summed E-state index contributed by atoms with van der Waals surface area (Å²) in [4.78, 5) is 35.2. The zero-order valence-electron chi connectivity index (χ0n) is 18.4. The molecule has 1 aliphatic heterocycles. The molecule has 3 heterocycles. The molecule has 0 saturated carbocycles. The molecule has 2 aromatic heterocycles. The van der Waals surface area contributed by atoms with Gasteiger partial charge in [0.1, 0.15) is 4.70 Å². The van der Waals surface area contributed by atoms with E-state index in [0.29, 0.717) is 29.7 Å². The number of thiophene rings is 1. The van der Waals surface area contributed by atoms with Crippen LogP contribution in [0, 0.1) is 18.8 Å². The number of amides is 1. The average molecular weight is 439 g/mol. The Bertz CT molecular complexity index is 1120. The van der Waals surface area contributed by atoms with E-state index in [-0.39, 0.29) is 17.4 Å². The standard InChI is InChI=1S/C24H30N4O2S/c1-15(2)10-11-25-22(29)18-5-4-12-28(13-18)24-26-20-19(14-31-21(20)23(30)27-24)17-8-6-16(3)7-9-17/h6-9,14-15,18H,4-5,10-13H2,1-3H3,(H,25,29)(H,26,27,30)/t18-/m1/s1. The van der Waals surface area contributed by atoms with E-state index in [1.807, 2.05) is 10.3 Å². The maximum atomic E-state index is 12.8. The van der Waals surface area contributed by atoms with Gasteiger partial charge in [-0.1, -0.05) is 43.7 Å². The Labute approximate surface area is 186 Å². The van der Waals surface area contributed by atoms with Crippen LogP contribution in [0.4, 0.5) is 5.95 Å². The molecule has 0 spiro atoms. The minimum Gasteiger partial charge on any atom is -0.356 e. The Hall–Kier alpha value is -2.67. The second kappa shape index (κ2) is 9.22. The van der Waals surface area contributed by atoms with Gasteiger partial charge in [0.05, 0.1) is 11.4 Å². The zero-order valence-corrected chi connectivity index (χ0v) is 19.2. The highest BCUT2D eigenvalue weighted by Gasteiger charge is 2.27. The third-order valence-corrected chi connectivity index (χ3v) is 6.86. The van der Waals surface area contributed by atoms with Gasteiger partial charge in [-0.25, -0.2) is 4.98 Å². The molecular formula is C24H30N4O2S. The maximum absolute atomic E-state index is 12.8. The van der Waals surface area contributed by atoms with Crippen LogP contribution in [0.5, 0.6) is 0 Å². The lowest BCUT2D eigenvalue weighted by Gasteiger charge is -2.32. The van der Waals surface area contributed by atoms with Gasteiger partial charge in [0, 0.05) is 30.6 Å². The summed E-state index contributed by atoms with van der Waals surface area (Å²) in [7, 11) is 0. The van der Waals surface area contributed by atoms with Crippen molar-refractivity contribution in [3.8, 4) is 11.1 Å². The lowest BCUT2D eigenvalue weighted by atomic mass is 9.97. The molecule has 4 rings (SSSR count). The number of rotatable bonds is 6. The number of aryl methyl sites for hydroxylation is 1. The van der Waals surface area contributed by atoms with Gasteiger partial charge in [-0.15, -0.1) is 11.3 Å². The summed E-state index contributed by atoms with van der Waals surface area (Å²) < 4.78 is 0.638. The number of carbonyl (C=O) groups excluding carboxylic acids is 1. The second-order valence-electron chi connectivity index (χ2n) is 8.84. The normalized spacial score (nSPS) is 16.8. The van der Waals surface area contributed by atoms with Crippen LogP contribution in [-0.4, -0.2) is 35.5 Å². The van der Waals surface area contributed by atoms with Crippen LogP contribution in [-0.2, 0) is 4.79 Å². The van der Waals surface area contributed by atoms with Crippen molar-refractivity contribution in [1.82, 2.24) is 15.3 Å². The Balaban J connectivity index is 1.57. The van der Waals surface area contributed by atoms with Crippen molar-refractivity contribution >= 4 is 33.4 Å². The fourth-order valence-electron chi connectivity index (χ4n) is 4.02. The molecule has 0 bridgehead atoms. The Morgan fingerprint density at radius 3 is 2.84 bits per heavy atom. The number of aromatic nitrogens is 2. The summed E-state index contributed by atoms with van der Waals surface area (Å²) in [6.07, 6.45) is 2.75. The minimum absolute atomic E-state index is 0.0824. The van der Waals surface area contributed by atoms with E-state index in [9.17, 15) is 9.59 Å². The average Bonchev–Trinajstić information content (AvgIpc) is 3.19. The number of benzene rings is 1. The van der Waals surface area contributed by atoms with E-state index in [2.05, 4.69) is 55.3 Å². The van der Waals surface area contributed by atoms with Crippen molar-refractivity contribution in [3.05, 3.63) is 45.6 Å². The monoisotopic (exact) mass is 438 g/mol. The van der Waals surface area contributed by atoms with E-state index in [1.165, 1.54) is 16.9 Å². The Morgan fingerprint density at radius 1 is 1.32 bits per heavy atom. The molecule has 6 nitrogen and oxygen atoms in total. The molecule has 3 aromatic rings. The number of fused-ring (bicyclic) bond motifs is 1. The van der Waals surface area contributed by atoms with Gasteiger partial charge in [0.2, 0.25) is 11.9 Å². The van der Waals surface area contributed by atoms with Gasteiger partial charge in [-0.2, -0.15) is 0 Å². The number of hydrogen-bond acceptors (Lipinski definition) is 5. The van der Waals surface area contributed by atoms with Crippen molar-refractivity contribution in [1.29, 1.82) is 0 Å². The molecule has 31 heavy (non-hydrogen) atoms. The van der Waals surface area contributed by atoms with Crippen LogP contribution in [0.1, 0.15) is 38.7 Å². The molecule has 1 saturated heterocycles. The zero-order chi connectivity index (χ0) is 22.0. The van der Waals surface area contributed by atoms with Gasteiger partial charge >= 0.3 is 0 Å². The molecule has 1 aromatic carbocycles. The lowest BCUT2D eigenvalue weighted by molar-refractivity contribution is -0.125. The summed E-state index contributed by atoms with van der Waals surface area (Å²) in [6, 6.07) is 8.27. The second-order valence-corrected chi connectivity index (χ2v) is 9.72. The van der Waals surface area contributed by atoms with Crippen LogP contribution in [0.2, 0.25) is 0 Å². The topological polar surface area (TPSA) is 78.1 Å². The van der Waals surface area contributed by atoms with Gasteiger partial charge in [-0.3, -0.25) is 14.6 Å². The van der Waals surface area contributed by atoms with Gasteiger partial charge in [-0.05, 0) is 37.7 Å². The van der Waals surface area contributed by atoms with Crippen molar-refractivity contribution in [2.45, 2.75) is 40.0 Å². The molecule has 1 fully saturated rings. The molecular weight excluding hydrogens is 408 g/mol. The largest absolute Gasteiger partial charge is 0.356 e. The third kappa shape index (κ3) is 4.82.